The lowest BCUT2D eigenvalue weighted by molar-refractivity contribution is 0.0953. The predicted octanol–water partition coefficient (Wildman–Crippen LogP) is 4.29. The van der Waals surface area contributed by atoms with E-state index in [1.165, 1.54) is 24.5 Å². The number of amides is 1. The molecular formula is C20H18ClFN4O. The molecule has 138 valence electrons. The summed E-state index contributed by atoms with van der Waals surface area (Å²) in [6, 6.07) is 11.7. The molecule has 3 rings (SSSR count). The van der Waals surface area contributed by atoms with Crippen LogP contribution < -0.4 is 10.6 Å². The minimum Gasteiger partial charge on any atom is -0.352 e. The number of carbonyl (C=O) groups is 1. The van der Waals surface area contributed by atoms with Crippen molar-refractivity contribution < 1.29 is 9.18 Å². The second-order valence-corrected chi connectivity index (χ2v) is 6.45. The third kappa shape index (κ3) is 5.24. The maximum atomic E-state index is 12.9. The number of aryl methyl sites for hydroxylation is 1. The van der Waals surface area contributed by atoms with Crippen LogP contribution >= 0.6 is 11.6 Å². The minimum absolute atomic E-state index is 0.258. The number of aromatic nitrogens is 2. The summed E-state index contributed by atoms with van der Waals surface area (Å²) in [6.45, 7) is 2.37. The Morgan fingerprint density at radius 2 is 1.81 bits per heavy atom. The molecule has 0 aliphatic rings. The van der Waals surface area contributed by atoms with Crippen LogP contribution in [0.1, 0.15) is 21.5 Å². The third-order valence-corrected chi connectivity index (χ3v) is 4.20. The maximum Gasteiger partial charge on any atom is 0.254 e. The molecule has 0 unspecified atom stereocenters. The van der Waals surface area contributed by atoms with Gasteiger partial charge in [-0.25, -0.2) is 14.4 Å². The van der Waals surface area contributed by atoms with Gasteiger partial charge in [0.05, 0.1) is 5.56 Å². The van der Waals surface area contributed by atoms with Gasteiger partial charge in [-0.15, -0.1) is 0 Å². The highest BCUT2D eigenvalue weighted by Crippen LogP contribution is 2.21. The number of nitrogens with zero attached hydrogens (tertiary/aromatic N) is 2. The van der Waals surface area contributed by atoms with Crippen molar-refractivity contribution in [3.8, 4) is 0 Å². The topological polar surface area (TPSA) is 66.9 Å². The van der Waals surface area contributed by atoms with Crippen LogP contribution in [0.3, 0.4) is 0 Å². The molecule has 0 aliphatic carbocycles. The molecule has 3 aromatic rings. The van der Waals surface area contributed by atoms with Gasteiger partial charge in [0.25, 0.3) is 5.91 Å². The van der Waals surface area contributed by atoms with Gasteiger partial charge in [-0.05, 0) is 54.8 Å². The lowest BCUT2D eigenvalue weighted by Crippen LogP contribution is -2.26. The van der Waals surface area contributed by atoms with E-state index < -0.39 is 0 Å². The molecule has 0 radical (unpaired) electrons. The normalized spacial score (nSPS) is 10.5. The maximum absolute atomic E-state index is 12.9. The van der Waals surface area contributed by atoms with Crippen molar-refractivity contribution in [2.24, 2.45) is 0 Å². The molecule has 0 atom stereocenters. The van der Waals surface area contributed by atoms with Crippen molar-refractivity contribution in [3.63, 3.8) is 0 Å². The Bertz CT molecular complexity index is 930. The van der Waals surface area contributed by atoms with Gasteiger partial charge in [0, 0.05) is 29.6 Å². The fourth-order valence-electron chi connectivity index (χ4n) is 2.47. The fourth-order valence-corrected chi connectivity index (χ4v) is 2.70. The van der Waals surface area contributed by atoms with Gasteiger partial charge in [-0.2, -0.15) is 0 Å². The van der Waals surface area contributed by atoms with Crippen molar-refractivity contribution in [1.82, 2.24) is 15.3 Å². The Morgan fingerprint density at radius 1 is 1.11 bits per heavy atom. The molecule has 0 spiro atoms. The zero-order chi connectivity index (χ0) is 19.2. The first-order valence-electron chi connectivity index (χ1n) is 8.39. The van der Waals surface area contributed by atoms with E-state index in [9.17, 15) is 9.18 Å². The summed E-state index contributed by atoms with van der Waals surface area (Å²) in [7, 11) is 0. The Balaban J connectivity index is 1.54. The van der Waals surface area contributed by atoms with E-state index in [-0.39, 0.29) is 11.7 Å². The molecule has 0 bridgehead atoms. The number of rotatable bonds is 6. The standard InChI is InChI=1S/C20H18ClFN4O/c1-13-10-16(21)4-7-18(13)26-20-24-11-15(12-25-20)19(27)23-9-8-14-2-5-17(22)6-3-14/h2-7,10-12H,8-9H2,1H3,(H,23,27)(H,24,25,26). The summed E-state index contributed by atoms with van der Waals surface area (Å²) in [5, 5.41) is 6.55. The van der Waals surface area contributed by atoms with Crippen LogP contribution in [0.4, 0.5) is 16.0 Å². The van der Waals surface area contributed by atoms with Crippen molar-refractivity contribution in [3.05, 3.63) is 82.4 Å². The number of carbonyl (C=O) groups excluding carboxylic acids is 1. The first-order valence-corrected chi connectivity index (χ1v) is 8.77. The Morgan fingerprint density at radius 3 is 2.48 bits per heavy atom. The first kappa shape index (κ1) is 18.8. The van der Waals surface area contributed by atoms with Crippen LogP contribution in [0.25, 0.3) is 0 Å². The number of benzene rings is 2. The molecule has 0 saturated carbocycles. The molecule has 1 heterocycles. The number of nitrogens with one attached hydrogen (secondary N) is 2. The number of hydrogen-bond acceptors (Lipinski definition) is 4. The third-order valence-electron chi connectivity index (χ3n) is 3.96. The van der Waals surface area contributed by atoms with E-state index in [4.69, 9.17) is 11.6 Å². The van der Waals surface area contributed by atoms with Gasteiger partial charge in [-0.1, -0.05) is 23.7 Å². The Hall–Kier alpha value is -2.99. The monoisotopic (exact) mass is 384 g/mol. The average Bonchev–Trinajstić information content (AvgIpc) is 2.66. The highest BCUT2D eigenvalue weighted by Gasteiger charge is 2.08. The van der Waals surface area contributed by atoms with Gasteiger partial charge < -0.3 is 10.6 Å². The summed E-state index contributed by atoms with van der Waals surface area (Å²) in [5.41, 5.74) is 3.13. The molecule has 1 aromatic heterocycles. The van der Waals surface area contributed by atoms with Gasteiger partial charge in [0.1, 0.15) is 5.82 Å². The average molecular weight is 385 g/mol. The Labute approximate surface area is 161 Å². The molecule has 1 amide bonds. The quantitative estimate of drug-likeness (QED) is 0.665. The van der Waals surface area contributed by atoms with E-state index in [1.54, 1.807) is 18.2 Å². The lowest BCUT2D eigenvalue weighted by atomic mass is 10.1. The summed E-state index contributed by atoms with van der Waals surface area (Å²) in [6.07, 6.45) is 3.55. The SMILES string of the molecule is Cc1cc(Cl)ccc1Nc1ncc(C(=O)NCCc2ccc(F)cc2)cn1. The fraction of sp³-hybridized carbons (Fsp3) is 0.150. The van der Waals surface area contributed by atoms with Crippen LogP contribution in [-0.2, 0) is 6.42 Å². The summed E-state index contributed by atoms with van der Waals surface area (Å²) in [5.74, 6) is -0.142. The zero-order valence-corrected chi connectivity index (χ0v) is 15.4. The summed E-state index contributed by atoms with van der Waals surface area (Å²) >= 11 is 5.94. The van der Waals surface area contributed by atoms with Crippen molar-refractivity contribution in [2.75, 3.05) is 11.9 Å². The van der Waals surface area contributed by atoms with Gasteiger partial charge in [0.2, 0.25) is 5.95 Å². The van der Waals surface area contributed by atoms with E-state index in [0.29, 0.717) is 29.5 Å². The molecule has 7 heteroatoms. The molecule has 2 N–H and O–H groups in total. The second kappa shape index (κ2) is 8.60. The van der Waals surface area contributed by atoms with E-state index in [1.807, 2.05) is 19.1 Å². The molecule has 0 fully saturated rings. The molecule has 5 nitrogen and oxygen atoms in total. The van der Waals surface area contributed by atoms with Crippen molar-refractivity contribution in [1.29, 1.82) is 0 Å². The van der Waals surface area contributed by atoms with E-state index in [0.717, 1.165) is 16.8 Å². The van der Waals surface area contributed by atoms with Crippen LogP contribution in [0.15, 0.2) is 54.9 Å². The molecule has 0 saturated heterocycles. The zero-order valence-electron chi connectivity index (χ0n) is 14.7. The van der Waals surface area contributed by atoms with Crippen LogP contribution in [0.5, 0.6) is 0 Å². The van der Waals surface area contributed by atoms with E-state index >= 15 is 0 Å². The van der Waals surface area contributed by atoms with Crippen molar-refractivity contribution in [2.45, 2.75) is 13.3 Å². The van der Waals surface area contributed by atoms with Crippen molar-refractivity contribution >= 4 is 29.1 Å². The summed E-state index contributed by atoms with van der Waals surface area (Å²) in [4.78, 5) is 20.5. The van der Waals surface area contributed by atoms with Crippen LogP contribution in [0.2, 0.25) is 5.02 Å². The largest absolute Gasteiger partial charge is 0.352 e. The number of halogens is 2. The molecule has 0 aliphatic heterocycles. The number of hydrogen-bond donors (Lipinski definition) is 2. The predicted molar refractivity (Wildman–Crippen MR) is 104 cm³/mol. The Kier molecular flexibility index (Phi) is 5.98. The van der Waals surface area contributed by atoms with Gasteiger partial charge >= 0.3 is 0 Å². The van der Waals surface area contributed by atoms with Gasteiger partial charge in [-0.3, -0.25) is 4.79 Å². The number of anilines is 2. The smallest absolute Gasteiger partial charge is 0.254 e. The minimum atomic E-state index is -0.276. The second-order valence-electron chi connectivity index (χ2n) is 6.01. The van der Waals surface area contributed by atoms with Crippen LogP contribution in [-0.4, -0.2) is 22.4 Å². The van der Waals surface area contributed by atoms with Crippen LogP contribution in [0, 0.1) is 12.7 Å². The molecule has 2 aromatic carbocycles. The molecular weight excluding hydrogens is 367 g/mol. The molecule has 27 heavy (non-hydrogen) atoms. The van der Waals surface area contributed by atoms with E-state index in [2.05, 4.69) is 20.6 Å². The van der Waals surface area contributed by atoms with Gasteiger partial charge in [0.15, 0.2) is 0 Å². The summed E-state index contributed by atoms with van der Waals surface area (Å²) < 4.78 is 12.9. The highest BCUT2D eigenvalue weighted by atomic mass is 35.5. The first-order chi connectivity index (χ1) is 13.0. The lowest BCUT2D eigenvalue weighted by Gasteiger charge is -2.09. The highest BCUT2D eigenvalue weighted by molar-refractivity contribution is 6.30.